The van der Waals surface area contributed by atoms with Crippen LogP contribution in [0.1, 0.15) is 37.6 Å². The van der Waals surface area contributed by atoms with Crippen molar-refractivity contribution in [2.75, 3.05) is 5.73 Å². The van der Waals surface area contributed by atoms with Crippen molar-refractivity contribution in [1.29, 1.82) is 0 Å². The van der Waals surface area contributed by atoms with Gasteiger partial charge in [0.2, 0.25) is 0 Å². The number of aromatic amines is 1. The highest BCUT2D eigenvalue weighted by Crippen LogP contribution is 2.31. The molecule has 0 unspecified atom stereocenters. The average molecular weight is 381 g/mol. The summed E-state index contributed by atoms with van der Waals surface area (Å²) >= 11 is 0. The van der Waals surface area contributed by atoms with Gasteiger partial charge < -0.3 is 10.8 Å². The SMILES string of the molecule is CC(C)C[C@H](C(=O)O)[C@H](Cc1ccc(-c2ccc(N)nc2)nc1)c1nn[nH]n1. The Kier molecular flexibility index (Phi) is 5.93. The summed E-state index contributed by atoms with van der Waals surface area (Å²) in [7, 11) is 0. The predicted octanol–water partition coefficient (Wildman–Crippen LogP) is 2.31. The third-order valence-electron chi connectivity index (χ3n) is 4.58. The summed E-state index contributed by atoms with van der Waals surface area (Å²) in [6.45, 7) is 4.00. The van der Waals surface area contributed by atoms with Crippen LogP contribution in [-0.2, 0) is 11.2 Å². The highest BCUT2D eigenvalue weighted by Gasteiger charge is 2.33. The Balaban J connectivity index is 1.84. The molecule has 3 aromatic heterocycles. The summed E-state index contributed by atoms with van der Waals surface area (Å²) in [6, 6.07) is 7.39. The summed E-state index contributed by atoms with van der Waals surface area (Å²) in [6.07, 6.45) is 4.39. The minimum atomic E-state index is -0.860. The van der Waals surface area contributed by atoms with Crippen molar-refractivity contribution < 1.29 is 9.90 Å². The van der Waals surface area contributed by atoms with E-state index in [1.807, 2.05) is 32.0 Å². The van der Waals surface area contributed by atoms with Crippen LogP contribution in [0.3, 0.4) is 0 Å². The Morgan fingerprint density at radius 2 is 2.00 bits per heavy atom. The van der Waals surface area contributed by atoms with E-state index in [1.165, 1.54) is 0 Å². The van der Waals surface area contributed by atoms with Gasteiger partial charge in [0, 0.05) is 23.9 Å². The molecule has 4 N–H and O–H groups in total. The zero-order valence-corrected chi connectivity index (χ0v) is 15.8. The molecule has 0 fully saturated rings. The molecule has 2 atom stereocenters. The van der Waals surface area contributed by atoms with Crippen molar-refractivity contribution in [2.45, 2.75) is 32.6 Å². The molecule has 3 heterocycles. The van der Waals surface area contributed by atoms with E-state index < -0.39 is 17.8 Å². The Labute approximate surface area is 162 Å². The second-order valence-corrected chi connectivity index (χ2v) is 7.18. The molecule has 3 aromatic rings. The average Bonchev–Trinajstić information content (AvgIpc) is 3.20. The van der Waals surface area contributed by atoms with Gasteiger partial charge in [-0.05, 0) is 42.5 Å². The predicted molar refractivity (Wildman–Crippen MR) is 103 cm³/mol. The number of rotatable bonds is 8. The fourth-order valence-corrected chi connectivity index (χ4v) is 3.21. The van der Waals surface area contributed by atoms with Gasteiger partial charge in [0.15, 0.2) is 5.82 Å². The van der Waals surface area contributed by atoms with Crippen molar-refractivity contribution in [1.82, 2.24) is 30.6 Å². The lowest BCUT2D eigenvalue weighted by atomic mass is 9.81. The lowest BCUT2D eigenvalue weighted by Gasteiger charge is -2.23. The summed E-state index contributed by atoms with van der Waals surface area (Å²) in [5.41, 5.74) is 8.15. The second kappa shape index (κ2) is 8.55. The number of nitrogens with zero attached hydrogens (tertiary/aromatic N) is 5. The Bertz CT molecular complexity index is 893. The monoisotopic (exact) mass is 381 g/mol. The van der Waals surface area contributed by atoms with Crippen LogP contribution in [-0.4, -0.2) is 41.7 Å². The van der Waals surface area contributed by atoms with Gasteiger partial charge in [-0.25, -0.2) is 4.98 Å². The number of carboxylic acid groups (broad SMARTS) is 1. The normalized spacial score (nSPS) is 13.4. The number of nitrogens with two attached hydrogens (primary N) is 1. The van der Waals surface area contributed by atoms with Gasteiger partial charge >= 0.3 is 5.97 Å². The number of anilines is 1. The molecular formula is C19H23N7O2. The quantitative estimate of drug-likeness (QED) is 0.539. The van der Waals surface area contributed by atoms with Gasteiger partial charge in [0.05, 0.1) is 11.6 Å². The van der Waals surface area contributed by atoms with Crippen LogP contribution in [0.15, 0.2) is 36.7 Å². The summed E-state index contributed by atoms with van der Waals surface area (Å²) in [4.78, 5) is 20.5. The maximum absolute atomic E-state index is 11.9. The number of carboxylic acids is 1. The largest absolute Gasteiger partial charge is 0.481 e. The number of H-pyrrole nitrogens is 1. The fourth-order valence-electron chi connectivity index (χ4n) is 3.21. The number of aromatic nitrogens is 6. The zero-order chi connectivity index (χ0) is 20.1. The number of carbonyl (C=O) groups is 1. The first kappa shape index (κ1) is 19.4. The van der Waals surface area contributed by atoms with E-state index >= 15 is 0 Å². The van der Waals surface area contributed by atoms with Crippen LogP contribution in [0.25, 0.3) is 11.3 Å². The molecule has 0 saturated heterocycles. The number of nitrogen functional groups attached to an aromatic ring is 1. The molecule has 0 saturated carbocycles. The lowest BCUT2D eigenvalue weighted by Crippen LogP contribution is -2.26. The first-order chi connectivity index (χ1) is 13.4. The van der Waals surface area contributed by atoms with Gasteiger partial charge in [-0.2, -0.15) is 5.21 Å². The van der Waals surface area contributed by atoms with Crippen LogP contribution in [0.5, 0.6) is 0 Å². The standard InChI is InChI=1S/C19H23N7O2/c1-11(2)7-15(19(27)28)14(18-23-25-26-24-18)8-12-3-5-16(21-9-12)13-4-6-17(20)22-10-13/h3-6,9-11,14-15H,7-8H2,1-2H3,(H2,20,22)(H,27,28)(H,23,24,25,26)/t14-,15-/m0/s1. The van der Waals surface area contributed by atoms with Gasteiger partial charge in [-0.1, -0.05) is 25.1 Å². The number of tetrazole rings is 1. The van der Waals surface area contributed by atoms with E-state index in [0.29, 0.717) is 24.5 Å². The third-order valence-corrected chi connectivity index (χ3v) is 4.58. The van der Waals surface area contributed by atoms with Crippen LogP contribution < -0.4 is 5.73 Å². The maximum Gasteiger partial charge on any atom is 0.307 e. The van der Waals surface area contributed by atoms with E-state index in [-0.39, 0.29) is 5.92 Å². The number of pyridine rings is 2. The van der Waals surface area contributed by atoms with Gasteiger partial charge in [-0.15, -0.1) is 10.2 Å². The minimum absolute atomic E-state index is 0.231. The first-order valence-electron chi connectivity index (χ1n) is 9.07. The first-order valence-corrected chi connectivity index (χ1v) is 9.07. The second-order valence-electron chi connectivity index (χ2n) is 7.18. The van der Waals surface area contributed by atoms with Crippen LogP contribution in [0, 0.1) is 11.8 Å². The van der Waals surface area contributed by atoms with E-state index in [2.05, 4.69) is 30.6 Å². The molecule has 0 aliphatic rings. The van der Waals surface area contributed by atoms with Gasteiger partial charge in [-0.3, -0.25) is 9.78 Å². The van der Waals surface area contributed by atoms with E-state index in [9.17, 15) is 9.90 Å². The molecule has 146 valence electrons. The molecule has 28 heavy (non-hydrogen) atoms. The highest BCUT2D eigenvalue weighted by atomic mass is 16.4. The van der Waals surface area contributed by atoms with Crippen LogP contribution in [0.2, 0.25) is 0 Å². The van der Waals surface area contributed by atoms with E-state index in [4.69, 9.17) is 5.73 Å². The molecule has 0 aromatic carbocycles. The molecule has 0 aliphatic heterocycles. The van der Waals surface area contributed by atoms with E-state index in [1.54, 1.807) is 18.5 Å². The molecule has 0 aliphatic carbocycles. The summed E-state index contributed by atoms with van der Waals surface area (Å²) < 4.78 is 0. The molecule has 3 rings (SSSR count). The highest BCUT2D eigenvalue weighted by molar-refractivity contribution is 5.71. The van der Waals surface area contributed by atoms with Gasteiger partial charge in [0.25, 0.3) is 0 Å². The Hall–Kier alpha value is -3.36. The molecule has 9 heteroatoms. The van der Waals surface area contributed by atoms with E-state index in [0.717, 1.165) is 16.8 Å². The number of hydrogen-bond donors (Lipinski definition) is 3. The third kappa shape index (κ3) is 4.67. The molecule has 9 nitrogen and oxygen atoms in total. The van der Waals surface area contributed by atoms with Crippen molar-refractivity contribution in [3.05, 3.63) is 48.0 Å². The number of aliphatic carboxylic acids is 1. The fraction of sp³-hybridized carbons (Fsp3) is 0.368. The van der Waals surface area contributed by atoms with Crippen molar-refractivity contribution in [2.24, 2.45) is 11.8 Å². The zero-order valence-electron chi connectivity index (χ0n) is 15.8. The summed E-state index contributed by atoms with van der Waals surface area (Å²) in [5.74, 6) is -0.786. The van der Waals surface area contributed by atoms with Crippen molar-refractivity contribution in [3.8, 4) is 11.3 Å². The van der Waals surface area contributed by atoms with Crippen LogP contribution in [0.4, 0.5) is 5.82 Å². The molecule has 0 radical (unpaired) electrons. The number of nitrogens with one attached hydrogen (secondary N) is 1. The summed E-state index contributed by atoms with van der Waals surface area (Å²) in [5, 5.41) is 23.9. The van der Waals surface area contributed by atoms with Gasteiger partial charge in [0.1, 0.15) is 5.82 Å². The van der Waals surface area contributed by atoms with Crippen molar-refractivity contribution >= 4 is 11.8 Å². The minimum Gasteiger partial charge on any atom is -0.481 e. The maximum atomic E-state index is 11.9. The Morgan fingerprint density at radius 3 is 2.54 bits per heavy atom. The lowest BCUT2D eigenvalue weighted by molar-refractivity contribution is -0.143. The Morgan fingerprint density at radius 1 is 1.18 bits per heavy atom. The molecular weight excluding hydrogens is 358 g/mol. The molecule has 0 bridgehead atoms. The van der Waals surface area contributed by atoms with Crippen molar-refractivity contribution in [3.63, 3.8) is 0 Å². The molecule has 0 amide bonds. The number of hydrogen-bond acceptors (Lipinski definition) is 7. The smallest absolute Gasteiger partial charge is 0.307 e. The topological polar surface area (TPSA) is 144 Å². The molecule has 0 spiro atoms. The van der Waals surface area contributed by atoms with Crippen LogP contribution >= 0.6 is 0 Å².